The van der Waals surface area contributed by atoms with Crippen molar-refractivity contribution in [1.29, 1.82) is 0 Å². The predicted octanol–water partition coefficient (Wildman–Crippen LogP) is 3.68. The number of thioether (sulfide) groups is 1. The fraction of sp³-hybridized carbons (Fsp3) is 0.462. The number of amidine groups is 1. The summed E-state index contributed by atoms with van der Waals surface area (Å²) >= 11 is 1.82. The minimum Gasteiger partial charge on any atom is -0.335 e. The molecule has 0 aliphatic carbocycles. The van der Waals surface area contributed by atoms with Gasteiger partial charge in [0.2, 0.25) is 0 Å². The topological polar surface area (TPSA) is 24.4 Å². The first-order valence-electron chi connectivity index (χ1n) is 5.58. The Balaban J connectivity index is 2.13. The summed E-state index contributed by atoms with van der Waals surface area (Å²) in [7, 11) is 0. The maximum absolute atomic E-state index is 4.65. The Labute approximate surface area is 102 Å². The minimum atomic E-state index is 0.199. The lowest BCUT2D eigenvalue weighted by Crippen LogP contribution is -2.24. The smallest absolute Gasteiger partial charge is 0.161 e. The van der Waals surface area contributed by atoms with Crippen LogP contribution in [0.15, 0.2) is 29.3 Å². The Morgan fingerprint density at radius 2 is 2.00 bits per heavy atom. The fourth-order valence-electron chi connectivity index (χ4n) is 1.58. The number of anilines is 1. The normalized spacial score (nSPS) is 23.0. The molecule has 0 aromatic heterocycles. The largest absolute Gasteiger partial charge is 0.335 e. The molecule has 16 heavy (non-hydrogen) atoms. The van der Waals surface area contributed by atoms with Crippen molar-refractivity contribution in [3.8, 4) is 0 Å². The van der Waals surface area contributed by atoms with Crippen LogP contribution >= 0.6 is 11.8 Å². The second-order valence-corrected chi connectivity index (χ2v) is 6.40. The highest BCUT2D eigenvalue weighted by Crippen LogP contribution is 2.37. The van der Waals surface area contributed by atoms with Crippen LogP contribution in [-0.2, 0) is 0 Å². The molecule has 0 saturated heterocycles. The molecule has 0 saturated carbocycles. The van der Waals surface area contributed by atoms with Gasteiger partial charge in [-0.1, -0.05) is 30.0 Å². The van der Waals surface area contributed by atoms with Crippen LogP contribution in [0.1, 0.15) is 26.3 Å². The molecule has 1 N–H and O–H groups in total. The Hall–Kier alpha value is -0.960. The monoisotopic (exact) mass is 234 g/mol. The third-order valence-electron chi connectivity index (χ3n) is 3.06. The van der Waals surface area contributed by atoms with E-state index in [0.717, 1.165) is 10.9 Å². The van der Waals surface area contributed by atoms with Gasteiger partial charge in [0.1, 0.15) is 0 Å². The number of hydrogen-bond acceptors (Lipinski definition) is 3. The fourth-order valence-corrected chi connectivity index (χ4v) is 2.67. The van der Waals surface area contributed by atoms with Gasteiger partial charge in [-0.2, -0.15) is 0 Å². The Kier molecular flexibility index (Phi) is 2.98. The lowest BCUT2D eigenvalue weighted by molar-refractivity contribution is 0.594. The molecule has 1 atom stereocenters. The van der Waals surface area contributed by atoms with Crippen molar-refractivity contribution >= 4 is 22.6 Å². The van der Waals surface area contributed by atoms with Crippen molar-refractivity contribution < 1.29 is 0 Å². The van der Waals surface area contributed by atoms with Gasteiger partial charge in [0.15, 0.2) is 5.17 Å². The van der Waals surface area contributed by atoms with E-state index in [9.17, 15) is 0 Å². The number of aryl methyl sites for hydroxylation is 1. The molecule has 2 rings (SSSR count). The highest BCUT2D eigenvalue weighted by Gasteiger charge is 2.34. The number of para-hydroxylation sites is 1. The van der Waals surface area contributed by atoms with Crippen LogP contribution < -0.4 is 5.32 Å². The summed E-state index contributed by atoms with van der Waals surface area (Å²) in [5.41, 5.74) is 2.40. The second kappa shape index (κ2) is 4.13. The maximum atomic E-state index is 4.65. The molecule has 1 heterocycles. The molecule has 0 amide bonds. The van der Waals surface area contributed by atoms with E-state index in [2.05, 4.69) is 56.2 Å². The molecular formula is C13H18N2S. The summed E-state index contributed by atoms with van der Waals surface area (Å²) in [5.74, 6) is 0. The van der Waals surface area contributed by atoms with Gasteiger partial charge in [-0.05, 0) is 39.3 Å². The molecule has 0 fully saturated rings. The Morgan fingerprint density at radius 3 is 2.56 bits per heavy atom. The summed E-state index contributed by atoms with van der Waals surface area (Å²) in [6, 6.07) is 8.66. The summed E-state index contributed by atoms with van der Waals surface area (Å²) in [5, 5.41) is 4.44. The molecule has 0 radical (unpaired) electrons. The van der Waals surface area contributed by atoms with Gasteiger partial charge in [-0.3, -0.25) is 4.99 Å². The number of rotatable bonds is 1. The minimum absolute atomic E-state index is 0.199. The molecule has 1 aliphatic rings. The van der Waals surface area contributed by atoms with E-state index in [4.69, 9.17) is 0 Å². The lowest BCUT2D eigenvalue weighted by atomic mass is 10.1. The van der Waals surface area contributed by atoms with Crippen LogP contribution in [-0.4, -0.2) is 16.0 Å². The van der Waals surface area contributed by atoms with Gasteiger partial charge < -0.3 is 5.32 Å². The summed E-state index contributed by atoms with van der Waals surface area (Å²) < 4.78 is 0.199. The molecule has 0 spiro atoms. The van der Waals surface area contributed by atoms with Gasteiger partial charge in [0, 0.05) is 10.4 Å². The first kappa shape index (κ1) is 11.5. The molecule has 2 nitrogen and oxygen atoms in total. The number of benzene rings is 1. The van der Waals surface area contributed by atoms with Crippen molar-refractivity contribution in [1.82, 2.24) is 0 Å². The van der Waals surface area contributed by atoms with Crippen LogP contribution in [0.5, 0.6) is 0 Å². The molecular weight excluding hydrogens is 216 g/mol. The van der Waals surface area contributed by atoms with Crippen molar-refractivity contribution in [3.05, 3.63) is 29.8 Å². The van der Waals surface area contributed by atoms with Crippen LogP contribution in [0.2, 0.25) is 0 Å². The van der Waals surface area contributed by atoms with E-state index in [-0.39, 0.29) is 4.75 Å². The van der Waals surface area contributed by atoms with Gasteiger partial charge in [0.05, 0.1) is 6.04 Å². The Morgan fingerprint density at radius 1 is 1.31 bits per heavy atom. The van der Waals surface area contributed by atoms with Crippen molar-refractivity contribution in [2.45, 2.75) is 38.5 Å². The van der Waals surface area contributed by atoms with Crippen LogP contribution in [0.25, 0.3) is 0 Å². The summed E-state index contributed by atoms with van der Waals surface area (Å²) in [6.07, 6.45) is 0. The standard InChI is InChI=1S/C13H18N2S/c1-9-7-5-6-8-11(9)15-12-14-10(2)13(3,4)16-12/h5-8,10H,1-4H3,(H,14,15). The van der Waals surface area contributed by atoms with Crippen molar-refractivity contribution in [2.24, 2.45) is 4.99 Å². The van der Waals surface area contributed by atoms with E-state index in [0.29, 0.717) is 6.04 Å². The molecule has 1 aliphatic heterocycles. The summed E-state index contributed by atoms with van der Waals surface area (Å²) in [6.45, 7) is 8.74. The SMILES string of the molecule is Cc1ccccc1NC1=NC(C)C(C)(C)S1. The molecule has 3 heteroatoms. The zero-order valence-corrected chi connectivity index (χ0v) is 11.1. The number of nitrogens with zero attached hydrogens (tertiary/aromatic N) is 1. The highest BCUT2D eigenvalue weighted by atomic mass is 32.2. The first-order chi connectivity index (χ1) is 7.49. The number of aliphatic imine (C=N–C) groups is 1. The van der Waals surface area contributed by atoms with Crippen LogP contribution in [0.3, 0.4) is 0 Å². The number of hydrogen-bond donors (Lipinski definition) is 1. The third kappa shape index (κ3) is 2.24. The van der Waals surface area contributed by atoms with Crippen LogP contribution in [0.4, 0.5) is 5.69 Å². The second-order valence-electron chi connectivity index (χ2n) is 4.76. The first-order valence-corrected chi connectivity index (χ1v) is 6.40. The Bertz CT molecular complexity index is 424. The van der Waals surface area contributed by atoms with Gasteiger partial charge >= 0.3 is 0 Å². The quantitative estimate of drug-likeness (QED) is 0.801. The average Bonchev–Trinajstić information content (AvgIpc) is 2.44. The van der Waals surface area contributed by atoms with Crippen LogP contribution in [0, 0.1) is 6.92 Å². The van der Waals surface area contributed by atoms with E-state index < -0.39 is 0 Å². The van der Waals surface area contributed by atoms with Crippen molar-refractivity contribution in [3.63, 3.8) is 0 Å². The average molecular weight is 234 g/mol. The zero-order chi connectivity index (χ0) is 11.8. The maximum Gasteiger partial charge on any atom is 0.161 e. The van der Waals surface area contributed by atoms with E-state index in [1.807, 2.05) is 17.8 Å². The molecule has 86 valence electrons. The molecule has 1 aromatic carbocycles. The lowest BCUT2D eigenvalue weighted by Gasteiger charge is -2.20. The van der Waals surface area contributed by atoms with Crippen molar-refractivity contribution in [2.75, 3.05) is 5.32 Å². The van der Waals surface area contributed by atoms with Gasteiger partial charge in [-0.15, -0.1) is 0 Å². The van der Waals surface area contributed by atoms with E-state index in [1.54, 1.807) is 0 Å². The van der Waals surface area contributed by atoms with Gasteiger partial charge in [-0.25, -0.2) is 0 Å². The van der Waals surface area contributed by atoms with Gasteiger partial charge in [0.25, 0.3) is 0 Å². The van der Waals surface area contributed by atoms with E-state index in [1.165, 1.54) is 5.56 Å². The third-order valence-corrected chi connectivity index (χ3v) is 4.33. The molecule has 0 bridgehead atoms. The summed E-state index contributed by atoms with van der Waals surface area (Å²) in [4.78, 5) is 4.65. The zero-order valence-electron chi connectivity index (χ0n) is 10.2. The number of nitrogens with one attached hydrogen (secondary N) is 1. The van der Waals surface area contributed by atoms with E-state index >= 15 is 0 Å². The predicted molar refractivity (Wildman–Crippen MR) is 73.4 cm³/mol. The molecule has 1 unspecified atom stereocenters. The highest BCUT2D eigenvalue weighted by molar-refractivity contribution is 8.15. The molecule has 1 aromatic rings.